The molecule has 3 heteroatoms. The summed E-state index contributed by atoms with van der Waals surface area (Å²) < 4.78 is 5.18. The Bertz CT molecular complexity index is 335. The standard InChI is InChI=1S/C12H14O3/c13-11-6-7-12(14)10(11)5-1-3-9-4-2-8-15-9/h2,4,8,10H,1,3,5-7H2. The molecule has 1 fully saturated rings. The summed E-state index contributed by atoms with van der Waals surface area (Å²) in [7, 11) is 0. The van der Waals surface area contributed by atoms with Crippen LogP contribution in [0.15, 0.2) is 22.8 Å². The van der Waals surface area contributed by atoms with Crippen molar-refractivity contribution in [3.8, 4) is 0 Å². The van der Waals surface area contributed by atoms with Gasteiger partial charge in [-0.15, -0.1) is 0 Å². The van der Waals surface area contributed by atoms with Gasteiger partial charge >= 0.3 is 0 Å². The first-order valence-electron chi connectivity index (χ1n) is 5.35. The Morgan fingerprint density at radius 1 is 1.27 bits per heavy atom. The van der Waals surface area contributed by atoms with Crippen LogP contribution < -0.4 is 0 Å². The Morgan fingerprint density at radius 3 is 2.60 bits per heavy atom. The van der Waals surface area contributed by atoms with Crippen molar-refractivity contribution in [2.24, 2.45) is 5.92 Å². The van der Waals surface area contributed by atoms with Crippen LogP contribution in [0.1, 0.15) is 31.4 Å². The van der Waals surface area contributed by atoms with E-state index in [1.54, 1.807) is 6.26 Å². The van der Waals surface area contributed by atoms with Crippen LogP contribution >= 0.6 is 0 Å². The highest BCUT2D eigenvalue weighted by atomic mass is 16.3. The zero-order chi connectivity index (χ0) is 10.7. The monoisotopic (exact) mass is 206 g/mol. The molecule has 2 rings (SSSR count). The Hall–Kier alpha value is -1.38. The van der Waals surface area contributed by atoms with Gasteiger partial charge in [0.1, 0.15) is 17.3 Å². The number of hydrogen-bond acceptors (Lipinski definition) is 3. The predicted molar refractivity (Wildman–Crippen MR) is 54.4 cm³/mol. The topological polar surface area (TPSA) is 47.3 Å². The average molecular weight is 206 g/mol. The van der Waals surface area contributed by atoms with Gasteiger partial charge in [-0.05, 0) is 25.0 Å². The van der Waals surface area contributed by atoms with Crippen LogP contribution in [0.4, 0.5) is 0 Å². The fraction of sp³-hybridized carbons (Fsp3) is 0.500. The van der Waals surface area contributed by atoms with E-state index >= 15 is 0 Å². The van der Waals surface area contributed by atoms with Crippen LogP contribution in [-0.2, 0) is 16.0 Å². The van der Waals surface area contributed by atoms with E-state index in [1.165, 1.54) is 0 Å². The van der Waals surface area contributed by atoms with Crippen LogP contribution in [0, 0.1) is 5.92 Å². The number of Topliss-reactive ketones (excluding diaryl/α,β-unsaturated/α-hetero) is 2. The molecule has 0 N–H and O–H groups in total. The van der Waals surface area contributed by atoms with E-state index in [9.17, 15) is 9.59 Å². The number of carbonyl (C=O) groups is 2. The first-order valence-corrected chi connectivity index (χ1v) is 5.35. The van der Waals surface area contributed by atoms with Crippen molar-refractivity contribution in [2.75, 3.05) is 0 Å². The van der Waals surface area contributed by atoms with Crippen LogP contribution in [0.5, 0.6) is 0 Å². The van der Waals surface area contributed by atoms with Crippen molar-refractivity contribution in [3.63, 3.8) is 0 Å². The second-order valence-corrected chi connectivity index (χ2v) is 3.96. The molecular weight excluding hydrogens is 192 g/mol. The molecule has 0 spiro atoms. The number of carbonyl (C=O) groups excluding carboxylic acids is 2. The summed E-state index contributed by atoms with van der Waals surface area (Å²) in [5.74, 6) is 0.853. The Balaban J connectivity index is 1.78. The lowest BCUT2D eigenvalue weighted by Gasteiger charge is -2.04. The van der Waals surface area contributed by atoms with Gasteiger partial charge in [0.05, 0.1) is 12.2 Å². The zero-order valence-corrected chi connectivity index (χ0v) is 8.57. The molecule has 0 aromatic carbocycles. The lowest BCUT2D eigenvalue weighted by molar-refractivity contribution is -0.127. The maximum Gasteiger partial charge on any atom is 0.143 e. The molecule has 3 nitrogen and oxygen atoms in total. The van der Waals surface area contributed by atoms with Crippen LogP contribution in [-0.4, -0.2) is 11.6 Å². The van der Waals surface area contributed by atoms with Gasteiger partial charge in [0, 0.05) is 19.3 Å². The molecule has 0 amide bonds. The minimum Gasteiger partial charge on any atom is -0.469 e. The predicted octanol–water partition coefficient (Wildman–Crippen LogP) is 2.15. The zero-order valence-electron chi connectivity index (χ0n) is 8.57. The summed E-state index contributed by atoms with van der Waals surface area (Å²) in [5, 5.41) is 0. The third kappa shape index (κ3) is 2.35. The van der Waals surface area contributed by atoms with Gasteiger partial charge in [-0.1, -0.05) is 0 Å². The average Bonchev–Trinajstić information content (AvgIpc) is 2.82. The third-order valence-electron chi connectivity index (χ3n) is 2.89. The van der Waals surface area contributed by atoms with Crippen molar-refractivity contribution in [1.29, 1.82) is 0 Å². The van der Waals surface area contributed by atoms with E-state index in [-0.39, 0.29) is 17.5 Å². The van der Waals surface area contributed by atoms with Crippen LogP contribution in [0.3, 0.4) is 0 Å². The minimum atomic E-state index is -0.319. The summed E-state index contributed by atoms with van der Waals surface area (Å²) in [5.41, 5.74) is 0. The number of furan rings is 1. The maximum absolute atomic E-state index is 11.3. The number of aryl methyl sites for hydroxylation is 1. The lowest BCUT2D eigenvalue weighted by Crippen LogP contribution is -2.14. The van der Waals surface area contributed by atoms with E-state index in [1.807, 2.05) is 12.1 Å². The number of ketones is 2. The molecule has 0 radical (unpaired) electrons. The van der Waals surface area contributed by atoms with E-state index in [4.69, 9.17) is 4.42 Å². The van der Waals surface area contributed by atoms with Crippen LogP contribution in [0.25, 0.3) is 0 Å². The number of hydrogen-bond donors (Lipinski definition) is 0. The maximum atomic E-state index is 11.3. The largest absolute Gasteiger partial charge is 0.469 e. The fourth-order valence-corrected chi connectivity index (χ4v) is 2.03. The van der Waals surface area contributed by atoms with E-state index in [2.05, 4.69) is 0 Å². The van der Waals surface area contributed by atoms with Crippen molar-refractivity contribution in [1.82, 2.24) is 0 Å². The highest BCUT2D eigenvalue weighted by Gasteiger charge is 2.31. The third-order valence-corrected chi connectivity index (χ3v) is 2.89. The Kier molecular flexibility index (Phi) is 2.99. The van der Waals surface area contributed by atoms with Crippen molar-refractivity contribution in [3.05, 3.63) is 24.2 Å². The fourth-order valence-electron chi connectivity index (χ4n) is 2.03. The van der Waals surface area contributed by atoms with Gasteiger partial charge in [-0.2, -0.15) is 0 Å². The normalized spacial score (nSPS) is 17.6. The van der Waals surface area contributed by atoms with E-state index in [0.717, 1.165) is 18.6 Å². The summed E-state index contributed by atoms with van der Waals surface area (Å²) in [6.45, 7) is 0. The van der Waals surface area contributed by atoms with Crippen molar-refractivity contribution >= 4 is 11.6 Å². The smallest absolute Gasteiger partial charge is 0.143 e. The van der Waals surface area contributed by atoms with Crippen LogP contribution in [0.2, 0.25) is 0 Å². The SMILES string of the molecule is O=C1CCC(=O)C1CCCc1ccco1. The molecule has 1 aliphatic rings. The molecule has 1 aromatic heterocycles. The highest BCUT2D eigenvalue weighted by molar-refractivity contribution is 6.08. The first kappa shape index (κ1) is 10.1. The molecule has 1 saturated carbocycles. The van der Waals surface area contributed by atoms with Gasteiger partial charge in [-0.25, -0.2) is 0 Å². The second kappa shape index (κ2) is 4.43. The van der Waals surface area contributed by atoms with Gasteiger partial charge in [-0.3, -0.25) is 9.59 Å². The molecule has 1 aromatic rings. The van der Waals surface area contributed by atoms with Gasteiger partial charge in [0.15, 0.2) is 0 Å². The van der Waals surface area contributed by atoms with Crippen molar-refractivity contribution in [2.45, 2.75) is 32.1 Å². The Morgan fingerprint density at radius 2 is 2.00 bits per heavy atom. The molecule has 0 bridgehead atoms. The van der Waals surface area contributed by atoms with Gasteiger partial charge in [0.2, 0.25) is 0 Å². The number of rotatable bonds is 4. The summed E-state index contributed by atoms with van der Waals surface area (Å²) in [6.07, 6.45) is 4.87. The Labute approximate surface area is 88.5 Å². The molecule has 0 saturated heterocycles. The molecule has 0 unspecified atom stereocenters. The molecule has 0 atom stereocenters. The summed E-state index contributed by atoms with van der Waals surface area (Å²) in [4.78, 5) is 22.7. The summed E-state index contributed by atoms with van der Waals surface area (Å²) >= 11 is 0. The lowest BCUT2D eigenvalue weighted by atomic mass is 9.98. The molecular formula is C12H14O3. The van der Waals surface area contributed by atoms with Crippen molar-refractivity contribution < 1.29 is 14.0 Å². The van der Waals surface area contributed by atoms with E-state index in [0.29, 0.717) is 19.3 Å². The van der Waals surface area contributed by atoms with E-state index < -0.39 is 0 Å². The molecule has 80 valence electrons. The molecule has 0 aliphatic heterocycles. The first-order chi connectivity index (χ1) is 7.27. The summed E-state index contributed by atoms with van der Waals surface area (Å²) in [6, 6.07) is 3.76. The highest BCUT2D eigenvalue weighted by Crippen LogP contribution is 2.23. The van der Waals surface area contributed by atoms with Gasteiger partial charge < -0.3 is 4.42 Å². The minimum absolute atomic E-state index is 0.124. The van der Waals surface area contributed by atoms with Gasteiger partial charge in [0.25, 0.3) is 0 Å². The molecule has 1 aliphatic carbocycles. The molecule has 15 heavy (non-hydrogen) atoms. The molecule has 1 heterocycles. The second-order valence-electron chi connectivity index (χ2n) is 3.96. The quantitative estimate of drug-likeness (QED) is 0.709.